The summed E-state index contributed by atoms with van der Waals surface area (Å²) in [5.74, 6) is 1.79. The van der Waals surface area contributed by atoms with Gasteiger partial charge in [0.05, 0.1) is 18.5 Å². The molecule has 0 aliphatic rings. The summed E-state index contributed by atoms with van der Waals surface area (Å²) in [5.41, 5.74) is 0. The molecule has 0 amide bonds. The fourth-order valence-corrected chi connectivity index (χ4v) is 1.83. The van der Waals surface area contributed by atoms with Crippen molar-refractivity contribution in [2.45, 2.75) is 31.8 Å². The van der Waals surface area contributed by atoms with E-state index >= 15 is 0 Å². The van der Waals surface area contributed by atoms with Crippen LogP contribution >= 0.6 is 15.9 Å². The quantitative estimate of drug-likeness (QED) is 0.569. The van der Waals surface area contributed by atoms with Crippen molar-refractivity contribution in [3.05, 3.63) is 11.6 Å². The van der Waals surface area contributed by atoms with Crippen molar-refractivity contribution in [1.82, 2.24) is 14.8 Å². The number of ether oxygens (including phenoxy) is 2. The fourth-order valence-electron chi connectivity index (χ4n) is 1.45. The highest BCUT2D eigenvalue weighted by Gasteiger charge is 2.13. The number of nitrogens with zero attached hydrogens (tertiary/aromatic N) is 3. The Morgan fingerprint density at radius 2 is 1.94 bits per heavy atom. The van der Waals surface area contributed by atoms with E-state index in [2.05, 4.69) is 44.5 Å². The van der Waals surface area contributed by atoms with Gasteiger partial charge < -0.3 is 14.0 Å². The summed E-state index contributed by atoms with van der Waals surface area (Å²) < 4.78 is 12.4. The molecule has 5 nitrogen and oxygen atoms in total. The zero-order chi connectivity index (χ0) is 12.0. The van der Waals surface area contributed by atoms with E-state index < -0.39 is 0 Å². The van der Waals surface area contributed by atoms with Gasteiger partial charge in [0.1, 0.15) is 12.4 Å². The molecular formula is C10H18BrN3O2. The lowest BCUT2D eigenvalue weighted by molar-refractivity contribution is 0.0568. The van der Waals surface area contributed by atoms with Gasteiger partial charge in [0, 0.05) is 13.2 Å². The van der Waals surface area contributed by atoms with Gasteiger partial charge in [-0.1, -0.05) is 15.9 Å². The Kier molecular flexibility index (Phi) is 5.94. The zero-order valence-corrected chi connectivity index (χ0v) is 11.5. The summed E-state index contributed by atoms with van der Waals surface area (Å²) in [6, 6.07) is 0.337. The molecule has 0 aliphatic heterocycles. The number of halogens is 1. The minimum Gasteiger partial charge on any atom is -0.382 e. The third kappa shape index (κ3) is 3.54. The van der Waals surface area contributed by atoms with Gasteiger partial charge in [-0.25, -0.2) is 0 Å². The molecule has 1 aromatic rings. The number of aromatic nitrogens is 3. The summed E-state index contributed by atoms with van der Waals surface area (Å²) in [4.78, 5) is 0. The van der Waals surface area contributed by atoms with E-state index in [4.69, 9.17) is 9.47 Å². The van der Waals surface area contributed by atoms with E-state index in [1.54, 1.807) is 7.11 Å². The molecule has 0 saturated carbocycles. The Labute approximate surface area is 104 Å². The molecule has 0 aliphatic carbocycles. The standard InChI is InChI=1S/C10H18BrN3O2/c1-8(2)14-9(6-11)12-13-10(14)7-16-5-4-15-3/h8H,4-7H2,1-3H3. The molecule has 0 bridgehead atoms. The predicted molar refractivity (Wildman–Crippen MR) is 64.6 cm³/mol. The van der Waals surface area contributed by atoms with Crippen molar-refractivity contribution in [2.75, 3.05) is 20.3 Å². The van der Waals surface area contributed by atoms with Crippen LogP contribution in [0.1, 0.15) is 31.5 Å². The summed E-state index contributed by atoms with van der Waals surface area (Å²) in [6.45, 7) is 5.86. The summed E-state index contributed by atoms with van der Waals surface area (Å²) in [6.07, 6.45) is 0. The van der Waals surface area contributed by atoms with Crippen LogP contribution in [0.25, 0.3) is 0 Å². The van der Waals surface area contributed by atoms with Crippen LogP contribution in [0, 0.1) is 0 Å². The van der Waals surface area contributed by atoms with Crippen LogP contribution < -0.4 is 0 Å². The van der Waals surface area contributed by atoms with E-state index in [9.17, 15) is 0 Å². The highest BCUT2D eigenvalue weighted by atomic mass is 79.9. The van der Waals surface area contributed by atoms with Gasteiger partial charge >= 0.3 is 0 Å². The average Bonchev–Trinajstić information content (AvgIpc) is 2.67. The molecule has 0 aromatic carbocycles. The maximum atomic E-state index is 5.45. The second kappa shape index (κ2) is 6.98. The van der Waals surface area contributed by atoms with Gasteiger partial charge in [-0.15, -0.1) is 10.2 Å². The molecule has 0 unspecified atom stereocenters. The molecule has 0 spiro atoms. The van der Waals surface area contributed by atoms with Gasteiger partial charge in [-0.3, -0.25) is 0 Å². The lowest BCUT2D eigenvalue weighted by atomic mass is 10.3. The second-order valence-corrected chi connectivity index (χ2v) is 4.24. The first-order chi connectivity index (χ1) is 7.70. The van der Waals surface area contributed by atoms with Crippen LogP contribution in [-0.4, -0.2) is 35.1 Å². The van der Waals surface area contributed by atoms with Crippen molar-refractivity contribution >= 4 is 15.9 Å². The van der Waals surface area contributed by atoms with Crippen LogP contribution in [0.2, 0.25) is 0 Å². The van der Waals surface area contributed by atoms with E-state index in [0.717, 1.165) is 11.6 Å². The first kappa shape index (κ1) is 13.6. The van der Waals surface area contributed by atoms with Crippen LogP contribution in [0.4, 0.5) is 0 Å². The number of methoxy groups -OCH3 is 1. The van der Waals surface area contributed by atoms with Crippen LogP contribution in [0.3, 0.4) is 0 Å². The van der Waals surface area contributed by atoms with E-state index in [0.29, 0.717) is 31.2 Å². The SMILES string of the molecule is COCCOCc1nnc(CBr)n1C(C)C. The Morgan fingerprint density at radius 3 is 2.50 bits per heavy atom. The van der Waals surface area contributed by atoms with E-state index in [1.807, 2.05) is 0 Å². The van der Waals surface area contributed by atoms with Gasteiger partial charge in [0.15, 0.2) is 5.82 Å². The van der Waals surface area contributed by atoms with E-state index in [-0.39, 0.29) is 0 Å². The lowest BCUT2D eigenvalue weighted by Crippen LogP contribution is -2.11. The van der Waals surface area contributed by atoms with Gasteiger partial charge in [0.2, 0.25) is 0 Å². The number of rotatable bonds is 7. The summed E-state index contributed by atoms with van der Waals surface area (Å²) in [7, 11) is 1.66. The first-order valence-corrected chi connectivity index (χ1v) is 6.38. The largest absolute Gasteiger partial charge is 0.382 e. The normalized spacial score (nSPS) is 11.3. The predicted octanol–water partition coefficient (Wildman–Crippen LogP) is 1.92. The monoisotopic (exact) mass is 291 g/mol. The van der Waals surface area contributed by atoms with Crippen molar-refractivity contribution < 1.29 is 9.47 Å². The molecule has 16 heavy (non-hydrogen) atoms. The molecular weight excluding hydrogens is 274 g/mol. The molecule has 6 heteroatoms. The van der Waals surface area contributed by atoms with E-state index in [1.165, 1.54) is 0 Å². The maximum absolute atomic E-state index is 5.45. The smallest absolute Gasteiger partial charge is 0.159 e. The Balaban J connectivity index is 2.61. The lowest BCUT2D eigenvalue weighted by Gasteiger charge is -2.13. The van der Waals surface area contributed by atoms with Gasteiger partial charge in [-0.2, -0.15) is 0 Å². The van der Waals surface area contributed by atoms with Crippen LogP contribution in [-0.2, 0) is 21.4 Å². The molecule has 92 valence electrons. The Hall–Kier alpha value is -0.460. The maximum Gasteiger partial charge on any atom is 0.159 e. The Morgan fingerprint density at radius 1 is 1.25 bits per heavy atom. The van der Waals surface area contributed by atoms with Crippen molar-refractivity contribution in [3.63, 3.8) is 0 Å². The van der Waals surface area contributed by atoms with Crippen molar-refractivity contribution in [1.29, 1.82) is 0 Å². The van der Waals surface area contributed by atoms with Crippen molar-refractivity contribution in [2.24, 2.45) is 0 Å². The zero-order valence-electron chi connectivity index (χ0n) is 9.94. The first-order valence-electron chi connectivity index (χ1n) is 5.26. The Bertz CT molecular complexity index is 315. The fraction of sp³-hybridized carbons (Fsp3) is 0.800. The highest BCUT2D eigenvalue weighted by molar-refractivity contribution is 9.08. The van der Waals surface area contributed by atoms with Gasteiger partial charge in [-0.05, 0) is 13.8 Å². The molecule has 1 rings (SSSR count). The topological polar surface area (TPSA) is 49.2 Å². The molecule has 0 fully saturated rings. The molecule has 0 N–H and O–H groups in total. The third-order valence-corrected chi connectivity index (χ3v) is 2.64. The third-order valence-electron chi connectivity index (χ3n) is 2.14. The van der Waals surface area contributed by atoms with Crippen LogP contribution in [0.5, 0.6) is 0 Å². The molecule has 0 radical (unpaired) electrons. The minimum atomic E-state index is 0.337. The molecule has 1 heterocycles. The number of alkyl halides is 1. The van der Waals surface area contributed by atoms with Gasteiger partial charge in [0.25, 0.3) is 0 Å². The number of hydrogen-bond donors (Lipinski definition) is 0. The average molecular weight is 292 g/mol. The summed E-state index contributed by atoms with van der Waals surface area (Å²) in [5, 5.41) is 8.94. The molecule has 0 saturated heterocycles. The number of hydrogen-bond acceptors (Lipinski definition) is 4. The van der Waals surface area contributed by atoms with Crippen molar-refractivity contribution in [3.8, 4) is 0 Å². The second-order valence-electron chi connectivity index (χ2n) is 3.68. The molecule has 1 aromatic heterocycles. The highest BCUT2D eigenvalue weighted by Crippen LogP contribution is 2.14. The minimum absolute atomic E-state index is 0.337. The van der Waals surface area contributed by atoms with Crippen LogP contribution in [0.15, 0.2) is 0 Å². The molecule has 0 atom stereocenters. The summed E-state index contributed by atoms with van der Waals surface area (Å²) >= 11 is 3.40.